The lowest BCUT2D eigenvalue weighted by atomic mass is 10.3. The number of sulfone groups is 1. The van der Waals surface area contributed by atoms with Crippen molar-refractivity contribution in [2.45, 2.75) is 22.7 Å². The molecule has 1 aliphatic heterocycles. The average Bonchev–Trinajstić information content (AvgIpc) is 3.10. The topological polar surface area (TPSA) is 70.5 Å². The standard InChI is InChI=1S/C11H11NO3S/c12-7-11(6-9-8-15-9)16(13,14)10-4-2-1-3-5-10/h1-5,9,11H,6,8H2. The van der Waals surface area contributed by atoms with Gasteiger partial charge in [0, 0.05) is 6.42 Å². The van der Waals surface area contributed by atoms with E-state index in [9.17, 15) is 8.42 Å². The van der Waals surface area contributed by atoms with E-state index in [0.717, 1.165) is 0 Å². The highest BCUT2D eigenvalue weighted by Crippen LogP contribution is 2.24. The highest BCUT2D eigenvalue weighted by atomic mass is 32.2. The van der Waals surface area contributed by atoms with Crippen LogP contribution in [0.5, 0.6) is 0 Å². The van der Waals surface area contributed by atoms with E-state index in [1.54, 1.807) is 18.2 Å². The van der Waals surface area contributed by atoms with E-state index in [1.165, 1.54) is 12.1 Å². The molecule has 2 unspecified atom stereocenters. The van der Waals surface area contributed by atoms with Gasteiger partial charge in [0.05, 0.1) is 23.7 Å². The average molecular weight is 237 g/mol. The van der Waals surface area contributed by atoms with Gasteiger partial charge < -0.3 is 4.74 Å². The van der Waals surface area contributed by atoms with Crippen molar-refractivity contribution in [3.8, 4) is 6.07 Å². The zero-order valence-corrected chi connectivity index (χ0v) is 9.35. The summed E-state index contributed by atoms with van der Waals surface area (Å²) in [5, 5.41) is 7.90. The molecule has 2 rings (SSSR count). The van der Waals surface area contributed by atoms with Crippen LogP contribution in [-0.2, 0) is 14.6 Å². The van der Waals surface area contributed by atoms with Gasteiger partial charge >= 0.3 is 0 Å². The van der Waals surface area contributed by atoms with Crippen LogP contribution in [0.15, 0.2) is 35.2 Å². The molecule has 1 aliphatic rings. The minimum atomic E-state index is -3.55. The van der Waals surface area contributed by atoms with Gasteiger partial charge in [0.1, 0.15) is 0 Å². The molecule has 0 aliphatic carbocycles. The summed E-state index contributed by atoms with van der Waals surface area (Å²) in [6, 6.07) is 9.89. The molecule has 0 saturated carbocycles. The summed E-state index contributed by atoms with van der Waals surface area (Å²) in [5.41, 5.74) is 0. The van der Waals surface area contributed by atoms with Gasteiger partial charge in [0.2, 0.25) is 0 Å². The van der Waals surface area contributed by atoms with Crippen molar-refractivity contribution < 1.29 is 13.2 Å². The Morgan fingerprint density at radius 2 is 2.06 bits per heavy atom. The largest absolute Gasteiger partial charge is 0.373 e. The smallest absolute Gasteiger partial charge is 0.194 e. The van der Waals surface area contributed by atoms with E-state index in [-0.39, 0.29) is 17.4 Å². The molecular formula is C11H11NO3S. The number of nitrogens with zero attached hydrogens (tertiary/aromatic N) is 1. The van der Waals surface area contributed by atoms with Gasteiger partial charge in [-0.05, 0) is 12.1 Å². The first-order valence-corrected chi connectivity index (χ1v) is 6.49. The second-order valence-electron chi connectivity index (χ2n) is 3.67. The third-order valence-electron chi connectivity index (χ3n) is 2.47. The maximum absolute atomic E-state index is 12.0. The molecule has 0 spiro atoms. The van der Waals surface area contributed by atoms with E-state index in [2.05, 4.69) is 0 Å². The van der Waals surface area contributed by atoms with Crippen LogP contribution < -0.4 is 0 Å². The summed E-state index contributed by atoms with van der Waals surface area (Å²) in [6.45, 7) is 0.558. The molecule has 5 heteroatoms. The minimum absolute atomic E-state index is 0.0665. The first-order chi connectivity index (χ1) is 7.64. The molecule has 84 valence electrons. The zero-order valence-electron chi connectivity index (χ0n) is 8.54. The first-order valence-electron chi connectivity index (χ1n) is 4.95. The summed E-state index contributed by atoms with van der Waals surface area (Å²) in [5.74, 6) is 0. The summed E-state index contributed by atoms with van der Waals surface area (Å²) >= 11 is 0. The summed E-state index contributed by atoms with van der Waals surface area (Å²) in [7, 11) is -3.55. The number of hydrogen-bond acceptors (Lipinski definition) is 4. The maximum atomic E-state index is 12.0. The summed E-state index contributed by atoms with van der Waals surface area (Å²) in [4.78, 5) is 0.196. The fourth-order valence-corrected chi connectivity index (χ4v) is 2.94. The van der Waals surface area contributed by atoms with E-state index in [4.69, 9.17) is 10.00 Å². The Morgan fingerprint density at radius 1 is 1.44 bits per heavy atom. The summed E-state index contributed by atoms with van der Waals surface area (Å²) in [6.07, 6.45) is 0.191. The predicted molar refractivity (Wildman–Crippen MR) is 57.4 cm³/mol. The Bertz CT molecular complexity index is 500. The number of hydrogen-bond donors (Lipinski definition) is 0. The quantitative estimate of drug-likeness (QED) is 0.736. The number of benzene rings is 1. The van der Waals surface area contributed by atoms with Crippen LogP contribution in [-0.4, -0.2) is 26.4 Å². The second-order valence-corrected chi connectivity index (χ2v) is 5.80. The summed E-state index contributed by atoms with van der Waals surface area (Å²) < 4.78 is 29.1. The van der Waals surface area contributed by atoms with Gasteiger partial charge in [-0.25, -0.2) is 8.42 Å². The molecule has 2 atom stereocenters. The Balaban J connectivity index is 2.26. The number of epoxide rings is 1. The van der Waals surface area contributed by atoms with Gasteiger partial charge in [-0.1, -0.05) is 18.2 Å². The Kier molecular flexibility index (Phi) is 2.95. The number of rotatable bonds is 4. The van der Waals surface area contributed by atoms with Crippen LogP contribution in [0.2, 0.25) is 0 Å². The Hall–Kier alpha value is -1.38. The Labute approximate surface area is 94.4 Å². The SMILES string of the molecule is N#CC(CC1CO1)S(=O)(=O)c1ccccc1. The zero-order chi connectivity index (χ0) is 11.6. The lowest BCUT2D eigenvalue weighted by Crippen LogP contribution is -2.21. The molecule has 16 heavy (non-hydrogen) atoms. The highest BCUT2D eigenvalue weighted by molar-refractivity contribution is 7.92. The fraction of sp³-hybridized carbons (Fsp3) is 0.364. The van der Waals surface area contributed by atoms with Crippen molar-refractivity contribution in [2.75, 3.05) is 6.61 Å². The van der Waals surface area contributed by atoms with Gasteiger partial charge in [0.15, 0.2) is 15.1 Å². The van der Waals surface area contributed by atoms with Crippen LogP contribution in [0.25, 0.3) is 0 Å². The maximum Gasteiger partial charge on any atom is 0.194 e. The van der Waals surface area contributed by atoms with Gasteiger partial charge in [-0.3, -0.25) is 0 Å². The molecule has 1 heterocycles. The molecule has 1 aromatic carbocycles. The molecule has 0 N–H and O–H groups in total. The van der Waals surface area contributed by atoms with Gasteiger partial charge in [-0.2, -0.15) is 5.26 Å². The van der Waals surface area contributed by atoms with Gasteiger partial charge in [0.25, 0.3) is 0 Å². The fourth-order valence-electron chi connectivity index (χ4n) is 1.47. The van der Waals surface area contributed by atoms with Crippen molar-refractivity contribution >= 4 is 9.84 Å². The van der Waals surface area contributed by atoms with Crippen LogP contribution in [0, 0.1) is 11.3 Å². The predicted octanol–water partition coefficient (Wildman–Crippen LogP) is 1.14. The molecular weight excluding hydrogens is 226 g/mol. The van der Waals surface area contributed by atoms with Crippen molar-refractivity contribution in [3.63, 3.8) is 0 Å². The molecule has 0 bridgehead atoms. The van der Waals surface area contributed by atoms with E-state index in [1.807, 2.05) is 6.07 Å². The number of ether oxygens (including phenoxy) is 1. The van der Waals surface area contributed by atoms with E-state index < -0.39 is 15.1 Å². The van der Waals surface area contributed by atoms with Crippen LogP contribution >= 0.6 is 0 Å². The Morgan fingerprint density at radius 3 is 2.56 bits per heavy atom. The van der Waals surface area contributed by atoms with Crippen molar-refractivity contribution in [3.05, 3.63) is 30.3 Å². The van der Waals surface area contributed by atoms with E-state index in [0.29, 0.717) is 6.61 Å². The third-order valence-corrected chi connectivity index (χ3v) is 4.45. The lowest BCUT2D eigenvalue weighted by Gasteiger charge is -2.08. The molecule has 4 nitrogen and oxygen atoms in total. The molecule has 1 aromatic rings. The highest BCUT2D eigenvalue weighted by Gasteiger charge is 2.34. The van der Waals surface area contributed by atoms with Crippen molar-refractivity contribution in [1.29, 1.82) is 5.26 Å². The molecule has 1 saturated heterocycles. The van der Waals surface area contributed by atoms with Crippen LogP contribution in [0.1, 0.15) is 6.42 Å². The van der Waals surface area contributed by atoms with Crippen LogP contribution in [0.4, 0.5) is 0 Å². The van der Waals surface area contributed by atoms with E-state index >= 15 is 0 Å². The normalized spacial score (nSPS) is 21.1. The molecule has 1 fully saturated rings. The lowest BCUT2D eigenvalue weighted by molar-refractivity contribution is 0.398. The van der Waals surface area contributed by atoms with Crippen molar-refractivity contribution in [2.24, 2.45) is 0 Å². The second kappa shape index (κ2) is 4.24. The minimum Gasteiger partial charge on any atom is -0.373 e. The molecule has 0 radical (unpaired) electrons. The third kappa shape index (κ3) is 2.23. The van der Waals surface area contributed by atoms with Crippen molar-refractivity contribution in [1.82, 2.24) is 0 Å². The van der Waals surface area contributed by atoms with Gasteiger partial charge in [-0.15, -0.1) is 0 Å². The molecule has 0 aromatic heterocycles. The monoisotopic (exact) mass is 237 g/mol. The van der Waals surface area contributed by atoms with Crippen LogP contribution in [0.3, 0.4) is 0 Å². The molecule has 0 amide bonds. The number of nitriles is 1. The first kappa shape index (κ1) is 11.1.